The van der Waals surface area contributed by atoms with Crippen molar-refractivity contribution in [3.8, 4) is 0 Å². The number of nitrogens with one attached hydrogen (secondary N) is 1. The summed E-state index contributed by atoms with van der Waals surface area (Å²) in [5.41, 5.74) is 1.40. The SMILES string of the molecule is Cc1cc(NS(=O)O)ccn1. The van der Waals surface area contributed by atoms with E-state index in [1.807, 2.05) is 6.92 Å². The van der Waals surface area contributed by atoms with Crippen molar-refractivity contribution < 1.29 is 8.76 Å². The highest BCUT2D eigenvalue weighted by Crippen LogP contribution is 2.06. The first-order chi connectivity index (χ1) is 5.18. The Hall–Kier alpha value is -0.940. The molecule has 0 aromatic carbocycles. The Morgan fingerprint density at radius 2 is 2.45 bits per heavy atom. The Balaban J connectivity index is 2.79. The molecule has 0 saturated heterocycles. The maximum absolute atomic E-state index is 10.3. The Morgan fingerprint density at radius 3 is 3.00 bits per heavy atom. The van der Waals surface area contributed by atoms with Crippen LogP contribution in [0.3, 0.4) is 0 Å². The first-order valence-electron chi connectivity index (χ1n) is 2.98. The number of anilines is 1. The van der Waals surface area contributed by atoms with Crippen LogP contribution in [0.2, 0.25) is 0 Å². The summed E-state index contributed by atoms with van der Waals surface area (Å²) in [6.45, 7) is 1.81. The van der Waals surface area contributed by atoms with Crippen molar-refractivity contribution in [1.82, 2.24) is 4.98 Å². The Kier molecular flexibility index (Phi) is 2.56. The fourth-order valence-corrected chi connectivity index (χ4v) is 1.04. The molecule has 60 valence electrons. The van der Waals surface area contributed by atoms with Crippen LogP contribution in [0.4, 0.5) is 5.69 Å². The molecule has 1 rings (SSSR count). The van der Waals surface area contributed by atoms with Gasteiger partial charge in [-0.1, -0.05) is 0 Å². The monoisotopic (exact) mass is 172 g/mol. The van der Waals surface area contributed by atoms with Gasteiger partial charge in [-0.25, -0.2) is 4.21 Å². The van der Waals surface area contributed by atoms with Gasteiger partial charge in [0, 0.05) is 11.9 Å². The van der Waals surface area contributed by atoms with Gasteiger partial charge in [0.25, 0.3) is 11.3 Å². The Labute approximate surface area is 67.1 Å². The molecule has 1 atom stereocenters. The number of hydrogen-bond donors (Lipinski definition) is 2. The molecule has 11 heavy (non-hydrogen) atoms. The van der Waals surface area contributed by atoms with E-state index >= 15 is 0 Å². The number of aryl methyl sites for hydroxylation is 1. The van der Waals surface area contributed by atoms with Crippen LogP contribution >= 0.6 is 0 Å². The first kappa shape index (κ1) is 8.16. The zero-order chi connectivity index (χ0) is 8.27. The summed E-state index contributed by atoms with van der Waals surface area (Å²) in [6.07, 6.45) is 1.57. The molecule has 5 heteroatoms. The lowest BCUT2D eigenvalue weighted by Gasteiger charge is -1.99. The predicted molar refractivity (Wildman–Crippen MR) is 43.4 cm³/mol. The van der Waals surface area contributed by atoms with Crippen LogP contribution in [0.25, 0.3) is 0 Å². The lowest BCUT2D eigenvalue weighted by atomic mass is 10.3. The van der Waals surface area contributed by atoms with Crippen molar-refractivity contribution in [2.24, 2.45) is 0 Å². The zero-order valence-electron chi connectivity index (χ0n) is 5.94. The van der Waals surface area contributed by atoms with Gasteiger partial charge in [0.05, 0.1) is 5.69 Å². The zero-order valence-corrected chi connectivity index (χ0v) is 6.76. The van der Waals surface area contributed by atoms with Crippen LogP contribution in [0.1, 0.15) is 5.69 Å². The van der Waals surface area contributed by atoms with E-state index in [1.165, 1.54) is 0 Å². The molecular formula is C6H8N2O2S. The standard InChI is InChI=1S/C6H8N2O2S/c1-5-4-6(2-3-7-5)8-11(9)10/h2-4H,1H3,(H,7,8)(H,9,10). The van der Waals surface area contributed by atoms with E-state index in [2.05, 4.69) is 9.71 Å². The van der Waals surface area contributed by atoms with Crippen LogP contribution in [0, 0.1) is 6.92 Å². The number of rotatable bonds is 2. The molecule has 0 amide bonds. The van der Waals surface area contributed by atoms with Gasteiger partial charge in [0.15, 0.2) is 0 Å². The maximum atomic E-state index is 10.3. The normalized spacial score (nSPS) is 12.5. The topological polar surface area (TPSA) is 62.2 Å². The van der Waals surface area contributed by atoms with E-state index in [0.717, 1.165) is 5.69 Å². The highest BCUT2D eigenvalue weighted by atomic mass is 32.2. The van der Waals surface area contributed by atoms with Crippen LogP contribution in [0.5, 0.6) is 0 Å². The number of aromatic nitrogens is 1. The van der Waals surface area contributed by atoms with Crippen LogP contribution in [-0.2, 0) is 11.3 Å². The molecule has 1 heterocycles. The summed E-state index contributed by atoms with van der Waals surface area (Å²) in [7, 11) is 0. The number of nitrogens with zero attached hydrogens (tertiary/aromatic N) is 1. The molecule has 0 aliphatic carbocycles. The van der Waals surface area contributed by atoms with Crippen molar-refractivity contribution in [3.05, 3.63) is 24.0 Å². The average molecular weight is 172 g/mol. The van der Waals surface area contributed by atoms with Crippen molar-refractivity contribution in [2.75, 3.05) is 4.72 Å². The lowest BCUT2D eigenvalue weighted by molar-refractivity contribution is 0.570. The lowest BCUT2D eigenvalue weighted by Crippen LogP contribution is -2.01. The van der Waals surface area contributed by atoms with Crippen molar-refractivity contribution in [1.29, 1.82) is 0 Å². The second kappa shape index (κ2) is 3.45. The minimum absolute atomic E-state index is 0.596. The molecule has 0 radical (unpaired) electrons. The molecule has 0 bridgehead atoms. The third-order valence-corrected chi connectivity index (χ3v) is 1.51. The van der Waals surface area contributed by atoms with Crippen molar-refractivity contribution in [2.45, 2.75) is 6.92 Å². The summed E-state index contributed by atoms with van der Waals surface area (Å²) in [4.78, 5) is 3.93. The fraction of sp³-hybridized carbons (Fsp3) is 0.167. The molecular weight excluding hydrogens is 164 g/mol. The van der Waals surface area contributed by atoms with E-state index in [0.29, 0.717) is 5.69 Å². The van der Waals surface area contributed by atoms with Crippen molar-refractivity contribution >= 4 is 17.0 Å². The highest BCUT2D eigenvalue weighted by Gasteiger charge is 1.94. The average Bonchev–Trinajstić information content (AvgIpc) is 1.85. The maximum Gasteiger partial charge on any atom is 0.259 e. The summed E-state index contributed by atoms with van der Waals surface area (Å²) >= 11 is -2.00. The third-order valence-electron chi connectivity index (χ3n) is 1.10. The molecule has 0 saturated carbocycles. The Morgan fingerprint density at radius 1 is 1.73 bits per heavy atom. The minimum Gasteiger partial charge on any atom is -0.289 e. The Bertz CT molecular complexity index is 277. The first-order valence-corrected chi connectivity index (χ1v) is 4.09. The van der Waals surface area contributed by atoms with Crippen LogP contribution in [-0.4, -0.2) is 13.7 Å². The largest absolute Gasteiger partial charge is 0.289 e. The molecule has 1 aromatic heterocycles. The van der Waals surface area contributed by atoms with Crippen LogP contribution < -0.4 is 4.72 Å². The molecule has 0 aliphatic heterocycles. The number of pyridine rings is 1. The van der Waals surface area contributed by atoms with Crippen LogP contribution in [0.15, 0.2) is 18.3 Å². The summed E-state index contributed by atoms with van der Waals surface area (Å²) in [6, 6.07) is 3.31. The van der Waals surface area contributed by atoms with E-state index in [1.54, 1.807) is 18.3 Å². The van der Waals surface area contributed by atoms with Gasteiger partial charge in [0.2, 0.25) is 0 Å². The summed E-state index contributed by atoms with van der Waals surface area (Å²) in [5.74, 6) is 0. The van der Waals surface area contributed by atoms with E-state index < -0.39 is 11.3 Å². The summed E-state index contributed by atoms with van der Waals surface area (Å²) in [5, 5.41) is 0. The van der Waals surface area contributed by atoms with Gasteiger partial charge in [-0.15, -0.1) is 0 Å². The summed E-state index contributed by atoms with van der Waals surface area (Å²) < 4.78 is 21.0. The molecule has 1 unspecified atom stereocenters. The van der Waals surface area contributed by atoms with E-state index in [9.17, 15) is 4.21 Å². The van der Waals surface area contributed by atoms with E-state index in [4.69, 9.17) is 4.55 Å². The molecule has 4 nitrogen and oxygen atoms in total. The minimum atomic E-state index is -2.00. The van der Waals surface area contributed by atoms with Gasteiger partial charge < -0.3 is 0 Å². The quantitative estimate of drug-likeness (QED) is 0.652. The van der Waals surface area contributed by atoms with Gasteiger partial charge in [-0.3, -0.25) is 14.3 Å². The van der Waals surface area contributed by atoms with Gasteiger partial charge in [-0.05, 0) is 19.1 Å². The van der Waals surface area contributed by atoms with Gasteiger partial charge >= 0.3 is 0 Å². The van der Waals surface area contributed by atoms with E-state index in [-0.39, 0.29) is 0 Å². The molecule has 0 aliphatic rings. The smallest absolute Gasteiger partial charge is 0.259 e. The second-order valence-corrected chi connectivity index (χ2v) is 2.74. The molecule has 1 aromatic rings. The van der Waals surface area contributed by atoms with Gasteiger partial charge in [0.1, 0.15) is 0 Å². The highest BCUT2D eigenvalue weighted by molar-refractivity contribution is 7.80. The second-order valence-electron chi connectivity index (χ2n) is 2.04. The molecule has 0 spiro atoms. The van der Waals surface area contributed by atoms with Gasteiger partial charge in [-0.2, -0.15) is 0 Å². The third kappa shape index (κ3) is 2.65. The molecule has 0 fully saturated rings. The number of hydrogen-bond acceptors (Lipinski definition) is 2. The fourth-order valence-electron chi connectivity index (χ4n) is 0.710. The van der Waals surface area contributed by atoms with Crippen molar-refractivity contribution in [3.63, 3.8) is 0 Å². The predicted octanol–water partition coefficient (Wildman–Crippen LogP) is 0.939. The molecule has 2 N–H and O–H groups in total.